The van der Waals surface area contributed by atoms with Gasteiger partial charge in [-0.05, 0) is 35.1 Å². The Bertz CT molecular complexity index is 585. The smallest absolute Gasteiger partial charge is 0.151 e. The maximum absolute atomic E-state index is 8.96. The van der Waals surface area contributed by atoms with E-state index < -0.39 is 12.6 Å². The predicted molar refractivity (Wildman–Crippen MR) is 98.1 cm³/mol. The summed E-state index contributed by atoms with van der Waals surface area (Å²) in [7, 11) is 0. The molecule has 2 rings (SSSR count). The van der Waals surface area contributed by atoms with E-state index in [1.54, 1.807) is 0 Å². The first kappa shape index (κ1) is 19.6. The second-order valence-electron chi connectivity index (χ2n) is 7.06. The van der Waals surface area contributed by atoms with E-state index in [-0.39, 0.29) is 5.41 Å². The van der Waals surface area contributed by atoms with Gasteiger partial charge in [-0.2, -0.15) is 0 Å². The van der Waals surface area contributed by atoms with Gasteiger partial charge < -0.3 is 20.4 Å². The summed E-state index contributed by atoms with van der Waals surface area (Å²) in [5.41, 5.74) is 4.42. The second kappa shape index (κ2) is 8.59. The largest absolute Gasteiger partial charge is 0.368 e. The van der Waals surface area contributed by atoms with Crippen LogP contribution in [-0.4, -0.2) is 33.0 Å². The Hall–Kier alpha value is -1.72. The fourth-order valence-corrected chi connectivity index (χ4v) is 2.93. The minimum absolute atomic E-state index is 0.149. The van der Waals surface area contributed by atoms with Crippen LogP contribution in [0.25, 0.3) is 0 Å². The highest BCUT2D eigenvalue weighted by atomic mass is 16.5. The maximum Gasteiger partial charge on any atom is 0.151 e. The van der Waals surface area contributed by atoms with Crippen molar-refractivity contribution < 1.29 is 20.4 Å². The van der Waals surface area contributed by atoms with E-state index in [1.807, 2.05) is 24.3 Å². The van der Waals surface area contributed by atoms with Gasteiger partial charge in [0, 0.05) is 18.3 Å². The molecule has 0 unspecified atom stereocenters. The molecule has 0 atom stereocenters. The number of hydrogen-bond donors (Lipinski definition) is 4. The first-order chi connectivity index (χ1) is 11.8. The molecule has 0 aliphatic heterocycles. The molecular formula is C21H28O4. The number of rotatable bonds is 8. The van der Waals surface area contributed by atoms with E-state index >= 15 is 0 Å². The second-order valence-corrected chi connectivity index (χ2v) is 7.06. The lowest BCUT2D eigenvalue weighted by Crippen LogP contribution is -2.19. The summed E-state index contributed by atoms with van der Waals surface area (Å²) >= 11 is 0. The molecule has 25 heavy (non-hydrogen) atoms. The molecule has 0 aliphatic rings. The Morgan fingerprint density at radius 1 is 0.640 bits per heavy atom. The van der Waals surface area contributed by atoms with Crippen LogP contribution in [-0.2, 0) is 18.3 Å². The molecule has 4 N–H and O–H groups in total. The molecule has 2 aromatic carbocycles. The van der Waals surface area contributed by atoms with Crippen molar-refractivity contribution in [2.24, 2.45) is 0 Å². The molecule has 0 aliphatic carbocycles. The summed E-state index contributed by atoms with van der Waals surface area (Å²) in [5, 5.41) is 35.9. The van der Waals surface area contributed by atoms with Gasteiger partial charge >= 0.3 is 0 Å². The number of hydrogen-bond acceptors (Lipinski definition) is 4. The molecule has 2 aromatic rings. The van der Waals surface area contributed by atoms with E-state index in [1.165, 1.54) is 11.1 Å². The molecule has 0 bridgehead atoms. The highest BCUT2D eigenvalue weighted by molar-refractivity contribution is 5.39. The Kier molecular flexibility index (Phi) is 6.73. The molecule has 0 amide bonds. The normalized spacial score (nSPS) is 12.2. The van der Waals surface area contributed by atoms with E-state index in [0.29, 0.717) is 25.7 Å². The third-order valence-corrected chi connectivity index (χ3v) is 4.73. The molecule has 0 saturated carbocycles. The van der Waals surface area contributed by atoms with Crippen LogP contribution in [0.3, 0.4) is 0 Å². The summed E-state index contributed by atoms with van der Waals surface area (Å²) < 4.78 is 0. The standard InChI is InChI=1S/C21H28O4/c1-21(2,17-9-3-15(4-10-17)7-13-19(22)23)18-11-5-16(6-12-18)8-14-20(24)25/h3-6,9-12,19-20,22-25H,7-8,13-14H2,1-2H3. The van der Waals surface area contributed by atoms with E-state index in [4.69, 9.17) is 20.4 Å². The number of aryl methyl sites for hydroxylation is 2. The molecule has 4 nitrogen and oxygen atoms in total. The zero-order valence-corrected chi connectivity index (χ0v) is 14.9. The van der Waals surface area contributed by atoms with E-state index in [9.17, 15) is 0 Å². The third-order valence-electron chi connectivity index (χ3n) is 4.73. The Labute approximate surface area is 149 Å². The van der Waals surface area contributed by atoms with Crippen LogP contribution in [0.2, 0.25) is 0 Å². The van der Waals surface area contributed by atoms with Crippen molar-refractivity contribution in [2.75, 3.05) is 0 Å². The van der Waals surface area contributed by atoms with Crippen molar-refractivity contribution >= 4 is 0 Å². The fourth-order valence-electron chi connectivity index (χ4n) is 2.93. The van der Waals surface area contributed by atoms with Crippen molar-refractivity contribution in [2.45, 2.75) is 57.5 Å². The average Bonchev–Trinajstić information content (AvgIpc) is 2.59. The van der Waals surface area contributed by atoms with Gasteiger partial charge in [0.05, 0.1) is 0 Å². The van der Waals surface area contributed by atoms with Gasteiger partial charge in [-0.1, -0.05) is 62.4 Å². The average molecular weight is 344 g/mol. The molecule has 0 radical (unpaired) electrons. The Morgan fingerprint density at radius 3 is 1.24 bits per heavy atom. The molecular weight excluding hydrogens is 316 g/mol. The number of benzene rings is 2. The number of aliphatic hydroxyl groups excluding tert-OH is 2. The molecule has 0 heterocycles. The zero-order chi connectivity index (χ0) is 18.4. The van der Waals surface area contributed by atoms with Gasteiger partial charge in [0.2, 0.25) is 0 Å². The van der Waals surface area contributed by atoms with Crippen molar-refractivity contribution in [1.82, 2.24) is 0 Å². The van der Waals surface area contributed by atoms with Gasteiger partial charge in [-0.15, -0.1) is 0 Å². The van der Waals surface area contributed by atoms with Crippen LogP contribution in [0, 0.1) is 0 Å². The lowest BCUT2D eigenvalue weighted by Gasteiger charge is -2.26. The summed E-state index contributed by atoms with van der Waals surface area (Å²) in [6, 6.07) is 16.5. The quantitative estimate of drug-likeness (QED) is 0.555. The minimum atomic E-state index is -1.26. The topological polar surface area (TPSA) is 80.9 Å². The summed E-state index contributed by atoms with van der Waals surface area (Å²) in [4.78, 5) is 0. The van der Waals surface area contributed by atoms with Gasteiger partial charge in [0.15, 0.2) is 12.6 Å². The molecule has 0 fully saturated rings. The summed E-state index contributed by atoms with van der Waals surface area (Å²) in [6.45, 7) is 4.35. The van der Waals surface area contributed by atoms with Gasteiger partial charge in [0.1, 0.15) is 0 Å². The van der Waals surface area contributed by atoms with Gasteiger partial charge in [0.25, 0.3) is 0 Å². The van der Waals surface area contributed by atoms with Gasteiger partial charge in [-0.25, -0.2) is 0 Å². The molecule has 0 aromatic heterocycles. The molecule has 0 spiro atoms. The van der Waals surface area contributed by atoms with Crippen LogP contribution in [0.5, 0.6) is 0 Å². The predicted octanol–water partition coefficient (Wildman–Crippen LogP) is 2.50. The lowest BCUT2D eigenvalue weighted by molar-refractivity contribution is -0.0453. The van der Waals surface area contributed by atoms with Crippen LogP contribution < -0.4 is 0 Å². The van der Waals surface area contributed by atoms with Crippen LogP contribution in [0.15, 0.2) is 48.5 Å². The monoisotopic (exact) mass is 344 g/mol. The lowest BCUT2D eigenvalue weighted by atomic mass is 9.77. The highest BCUT2D eigenvalue weighted by Gasteiger charge is 2.22. The first-order valence-corrected chi connectivity index (χ1v) is 8.70. The first-order valence-electron chi connectivity index (χ1n) is 8.70. The van der Waals surface area contributed by atoms with Crippen molar-refractivity contribution in [1.29, 1.82) is 0 Å². The number of aliphatic hydroxyl groups is 4. The highest BCUT2D eigenvalue weighted by Crippen LogP contribution is 2.32. The molecule has 136 valence electrons. The minimum Gasteiger partial charge on any atom is -0.368 e. The summed E-state index contributed by atoms with van der Waals surface area (Å²) in [5.74, 6) is 0. The third kappa shape index (κ3) is 5.65. The Balaban J connectivity index is 2.09. The van der Waals surface area contributed by atoms with Crippen LogP contribution in [0.1, 0.15) is 48.9 Å². The van der Waals surface area contributed by atoms with E-state index in [2.05, 4.69) is 38.1 Å². The van der Waals surface area contributed by atoms with E-state index in [0.717, 1.165) is 11.1 Å². The van der Waals surface area contributed by atoms with Crippen molar-refractivity contribution in [3.8, 4) is 0 Å². The van der Waals surface area contributed by atoms with Crippen molar-refractivity contribution in [3.05, 3.63) is 70.8 Å². The zero-order valence-electron chi connectivity index (χ0n) is 14.9. The Morgan fingerprint density at radius 2 is 0.960 bits per heavy atom. The van der Waals surface area contributed by atoms with Gasteiger partial charge in [-0.3, -0.25) is 0 Å². The van der Waals surface area contributed by atoms with Crippen LogP contribution in [0.4, 0.5) is 0 Å². The molecule has 4 heteroatoms. The maximum atomic E-state index is 8.96. The SMILES string of the molecule is CC(C)(c1ccc(CCC(O)O)cc1)c1ccc(CCC(O)O)cc1. The fraction of sp³-hybridized carbons (Fsp3) is 0.429. The summed E-state index contributed by atoms with van der Waals surface area (Å²) in [6.07, 6.45) is -0.560. The van der Waals surface area contributed by atoms with Crippen molar-refractivity contribution in [3.63, 3.8) is 0 Å². The van der Waals surface area contributed by atoms with Crippen LogP contribution >= 0.6 is 0 Å². The molecule has 0 saturated heterocycles.